The van der Waals surface area contributed by atoms with Gasteiger partial charge in [0.25, 0.3) is 5.89 Å². The second-order valence-corrected chi connectivity index (χ2v) is 11.9. The molecule has 1 aromatic heterocycles. The minimum absolute atomic E-state index is 0.0482. The van der Waals surface area contributed by atoms with E-state index in [9.17, 15) is 34.2 Å². The molecule has 1 aliphatic heterocycles. The normalized spacial score (nSPS) is 19.7. The fourth-order valence-corrected chi connectivity index (χ4v) is 5.12. The first kappa shape index (κ1) is 33.9. The number of phenolic OH excluding ortho intramolecular Hbond substituents is 1. The molecule has 46 heavy (non-hydrogen) atoms. The molecule has 14 nitrogen and oxygen atoms in total. The zero-order valence-corrected chi connectivity index (χ0v) is 26.5. The number of aromatic hydroxyl groups is 1. The topological polar surface area (TPSA) is 209 Å². The maximum atomic E-state index is 13.3. The quantitative estimate of drug-likeness (QED) is 0.165. The summed E-state index contributed by atoms with van der Waals surface area (Å²) in [4.78, 5) is 68.2. The molecule has 4 amide bonds. The zero-order chi connectivity index (χ0) is 33.9. The Hall–Kier alpha value is -4.98. The predicted octanol–water partition coefficient (Wildman–Crippen LogP) is 1.12. The molecule has 3 aromatic rings. The lowest BCUT2D eigenvalue weighted by Crippen LogP contribution is -2.59. The highest BCUT2D eigenvalue weighted by molar-refractivity contribution is 5.94. The van der Waals surface area contributed by atoms with Gasteiger partial charge in [-0.2, -0.15) is 0 Å². The van der Waals surface area contributed by atoms with Crippen LogP contribution in [0.4, 0.5) is 0 Å². The van der Waals surface area contributed by atoms with E-state index in [0.29, 0.717) is 16.7 Å². The van der Waals surface area contributed by atoms with Crippen LogP contribution in [0.2, 0.25) is 0 Å². The molecule has 1 unspecified atom stereocenters. The Bertz CT molecular complexity index is 1610. The molecule has 246 valence electrons. The van der Waals surface area contributed by atoms with Crippen molar-refractivity contribution in [2.75, 3.05) is 0 Å². The third-order valence-corrected chi connectivity index (χ3v) is 7.75. The number of oxazole rings is 1. The number of fused-ring (bicyclic) bond motifs is 1. The average molecular weight is 638 g/mol. The summed E-state index contributed by atoms with van der Waals surface area (Å²) in [5.74, 6) is -6.32. The molecule has 1 saturated heterocycles. The summed E-state index contributed by atoms with van der Waals surface area (Å²) in [6.45, 7) is 9.68. The lowest BCUT2D eigenvalue weighted by atomic mass is 10.0. The number of esters is 1. The van der Waals surface area contributed by atoms with E-state index in [0.717, 1.165) is 11.1 Å². The van der Waals surface area contributed by atoms with E-state index in [1.54, 1.807) is 32.9 Å². The van der Waals surface area contributed by atoms with E-state index >= 15 is 0 Å². The molecule has 0 radical (unpaired) electrons. The van der Waals surface area contributed by atoms with Crippen molar-refractivity contribution in [3.8, 4) is 5.75 Å². The SMILES string of the molecule is CC(=O)N[C@@H](Cc1ccc(O)cc1)C(=O)N[C@H](C(=O)N[C@@H](C)C(=O)N[C@H]1CC(=O)OC1(O)c1nc2c(C)ccc(C)c2o1)C(C)C. The predicted molar refractivity (Wildman–Crippen MR) is 164 cm³/mol. The van der Waals surface area contributed by atoms with Crippen LogP contribution < -0.4 is 21.3 Å². The lowest BCUT2D eigenvalue weighted by molar-refractivity contribution is -0.210. The van der Waals surface area contributed by atoms with Crippen LogP contribution >= 0.6 is 0 Å². The van der Waals surface area contributed by atoms with Crippen LogP contribution in [0, 0.1) is 19.8 Å². The highest BCUT2D eigenvalue weighted by atomic mass is 16.7. The Labute approximate surface area is 265 Å². The number of hydrogen-bond donors (Lipinski definition) is 6. The third-order valence-electron chi connectivity index (χ3n) is 7.75. The molecule has 5 atom stereocenters. The monoisotopic (exact) mass is 637 g/mol. The minimum Gasteiger partial charge on any atom is -0.508 e. The molecule has 2 heterocycles. The Morgan fingerprint density at radius 3 is 2.22 bits per heavy atom. The van der Waals surface area contributed by atoms with E-state index in [-0.39, 0.29) is 24.5 Å². The molecule has 14 heteroatoms. The van der Waals surface area contributed by atoms with Crippen LogP contribution in [-0.4, -0.2) is 69.0 Å². The summed E-state index contributed by atoms with van der Waals surface area (Å²) in [6, 6.07) is 5.25. The standard InChI is InChI=1S/C32H39N5O9/c1-15(2)25(36-29(42)22(34-19(6)38)13-20-9-11-21(39)12-10-20)30(43)33-18(5)28(41)35-23-14-24(40)46-32(23,44)31-37-26-16(3)7-8-17(4)27(26)45-31/h7-12,15,18,22-23,25,39,44H,13-14H2,1-6H3,(H,33,43)(H,34,38)(H,35,41)(H,36,42)/t18-,22-,23-,25-,32?/m0/s1. The highest BCUT2D eigenvalue weighted by Crippen LogP contribution is 2.37. The van der Waals surface area contributed by atoms with Gasteiger partial charge in [0, 0.05) is 13.3 Å². The molecule has 0 bridgehead atoms. The molecule has 1 aliphatic rings. The second-order valence-electron chi connectivity index (χ2n) is 11.9. The first-order chi connectivity index (χ1) is 21.6. The van der Waals surface area contributed by atoms with Crippen LogP contribution in [-0.2, 0) is 40.9 Å². The van der Waals surface area contributed by atoms with Crippen molar-refractivity contribution >= 4 is 40.7 Å². The maximum Gasteiger partial charge on any atom is 0.311 e. The molecule has 0 aliphatic carbocycles. The van der Waals surface area contributed by atoms with Crippen molar-refractivity contribution in [1.82, 2.24) is 26.3 Å². The van der Waals surface area contributed by atoms with Gasteiger partial charge in [-0.3, -0.25) is 24.0 Å². The van der Waals surface area contributed by atoms with Crippen molar-refractivity contribution in [3.63, 3.8) is 0 Å². The number of amides is 4. The molecule has 4 rings (SSSR count). The third kappa shape index (κ3) is 7.45. The number of carbonyl (C=O) groups excluding carboxylic acids is 5. The number of hydrogen-bond acceptors (Lipinski definition) is 10. The number of aliphatic hydroxyl groups is 1. The Morgan fingerprint density at radius 1 is 0.957 bits per heavy atom. The number of cyclic esters (lactones) is 1. The fraction of sp³-hybridized carbons (Fsp3) is 0.438. The van der Waals surface area contributed by atoms with E-state index in [2.05, 4.69) is 26.3 Å². The van der Waals surface area contributed by atoms with Crippen molar-refractivity contribution < 1.29 is 43.3 Å². The van der Waals surface area contributed by atoms with Gasteiger partial charge in [-0.15, -0.1) is 0 Å². The Kier molecular flexibility index (Phi) is 10.00. The highest BCUT2D eigenvalue weighted by Gasteiger charge is 2.54. The van der Waals surface area contributed by atoms with Gasteiger partial charge >= 0.3 is 11.8 Å². The van der Waals surface area contributed by atoms with Crippen LogP contribution in [0.5, 0.6) is 5.75 Å². The number of benzene rings is 2. The summed E-state index contributed by atoms with van der Waals surface area (Å²) in [5, 5.41) is 31.3. The summed E-state index contributed by atoms with van der Waals surface area (Å²) < 4.78 is 11.0. The van der Waals surface area contributed by atoms with E-state index in [1.807, 2.05) is 19.1 Å². The van der Waals surface area contributed by atoms with E-state index in [4.69, 9.17) is 9.15 Å². The van der Waals surface area contributed by atoms with Crippen molar-refractivity contribution in [2.45, 2.75) is 84.3 Å². The van der Waals surface area contributed by atoms with Crippen molar-refractivity contribution in [1.29, 1.82) is 0 Å². The molecule has 0 spiro atoms. The molecular weight excluding hydrogens is 598 g/mol. The van der Waals surface area contributed by atoms with Gasteiger partial charge in [-0.05, 0) is 55.5 Å². The molecule has 2 aromatic carbocycles. The average Bonchev–Trinajstić information content (AvgIpc) is 3.56. The van der Waals surface area contributed by atoms with Gasteiger partial charge in [-0.1, -0.05) is 38.1 Å². The van der Waals surface area contributed by atoms with Crippen molar-refractivity contribution in [3.05, 3.63) is 59.0 Å². The molecule has 6 N–H and O–H groups in total. The number of aryl methyl sites for hydroxylation is 2. The van der Waals surface area contributed by atoms with E-state index < -0.39 is 65.5 Å². The fourth-order valence-electron chi connectivity index (χ4n) is 5.12. The first-order valence-corrected chi connectivity index (χ1v) is 14.9. The number of ether oxygens (including phenoxy) is 1. The summed E-state index contributed by atoms with van der Waals surface area (Å²) >= 11 is 0. The van der Waals surface area contributed by atoms with Gasteiger partial charge in [0.15, 0.2) is 5.58 Å². The molecular formula is C32H39N5O9. The van der Waals surface area contributed by atoms with Crippen molar-refractivity contribution in [2.24, 2.45) is 5.92 Å². The molecule has 1 fully saturated rings. The van der Waals surface area contributed by atoms with Crippen LogP contribution in [0.1, 0.15) is 56.7 Å². The largest absolute Gasteiger partial charge is 0.508 e. The first-order valence-electron chi connectivity index (χ1n) is 14.9. The zero-order valence-electron chi connectivity index (χ0n) is 26.5. The number of nitrogens with one attached hydrogen (secondary N) is 4. The summed E-state index contributed by atoms with van der Waals surface area (Å²) in [7, 11) is 0. The van der Waals surface area contributed by atoms with Gasteiger partial charge in [0.2, 0.25) is 23.6 Å². The number of nitrogens with zero attached hydrogens (tertiary/aromatic N) is 1. The Morgan fingerprint density at radius 2 is 1.61 bits per heavy atom. The number of phenols is 1. The number of rotatable bonds is 11. The van der Waals surface area contributed by atoms with Gasteiger partial charge in [0.1, 0.15) is 35.4 Å². The van der Waals surface area contributed by atoms with Gasteiger partial charge in [-0.25, -0.2) is 4.98 Å². The maximum absolute atomic E-state index is 13.3. The van der Waals surface area contributed by atoms with Crippen LogP contribution in [0.15, 0.2) is 40.8 Å². The van der Waals surface area contributed by atoms with Gasteiger partial charge in [0.05, 0.1) is 6.42 Å². The van der Waals surface area contributed by atoms with Gasteiger partial charge < -0.3 is 40.6 Å². The van der Waals surface area contributed by atoms with Crippen LogP contribution in [0.3, 0.4) is 0 Å². The van der Waals surface area contributed by atoms with Crippen LogP contribution in [0.25, 0.3) is 11.1 Å². The second kappa shape index (κ2) is 13.6. The Balaban J connectivity index is 1.44. The molecule has 0 saturated carbocycles. The van der Waals surface area contributed by atoms with E-state index in [1.165, 1.54) is 26.0 Å². The summed E-state index contributed by atoms with van der Waals surface area (Å²) in [6.07, 6.45) is -0.281. The summed E-state index contributed by atoms with van der Waals surface area (Å²) in [5.41, 5.74) is 3.07. The number of aromatic nitrogens is 1. The lowest BCUT2D eigenvalue weighted by Gasteiger charge is -2.28. The number of carbonyl (C=O) groups is 5. The smallest absolute Gasteiger partial charge is 0.311 e. The minimum atomic E-state index is -2.39.